The second-order valence-electron chi connectivity index (χ2n) is 5.82. The van der Waals surface area contributed by atoms with Gasteiger partial charge >= 0.3 is 11.9 Å². The lowest BCUT2D eigenvalue weighted by atomic mass is 10.0. The van der Waals surface area contributed by atoms with Gasteiger partial charge in [-0.05, 0) is 29.7 Å². The van der Waals surface area contributed by atoms with Gasteiger partial charge in [0.2, 0.25) is 0 Å². The van der Waals surface area contributed by atoms with Crippen molar-refractivity contribution in [3.8, 4) is 5.06 Å². The molecule has 1 aromatic heterocycles. The van der Waals surface area contributed by atoms with E-state index in [9.17, 15) is 14.7 Å². The molecule has 7 heteroatoms. The molecule has 1 unspecified atom stereocenters. The number of carbonyl (C=O) groups is 2. The Morgan fingerprint density at radius 1 is 1.40 bits per heavy atom. The number of hydrogen-bond donors (Lipinski definition) is 1. The van der Waals surface area contributed by atoms with Gasteiger partial charge in [-0.3, -0.25) is 14.5 Å². The molecule has 1 atom stereocenters. The van der Waals surface area contributed by atoms with Crippen molar-refractivity contribution in [3.05, 3.63) is 51.4 Å². The second kappa shape index (κ2) is 7.56. The van der Waals surface area contributed by atoms with Crippen molar-refractivity contribution in [1.29, 1.82) is 0 Å². The Hall–Kier alpha value is -1.89. The van der Waals surface area contributed by atoms with Gasteiger partial charge in [0.1, 0.15) is 6.04 Å². The first kappa shape index (κ1) is 17.9. The van der Waals surface area contributed by atoms with Crippen LogP contribution in [-0.2, 0) is 22.6 Å². The van der Waals surface area contributed by atoms with Crippen LogP contribution in [0.4, 0.5) is 0 Å². The highest BCUT2D eigenvalue weighted by molar-refractivity contribution is 7.14. The van der Waals surface area contributed by atoms with Crippen LogP contribution in [0.15, 0.2) is 30.3 Å². The van der Waals surface area contributed by atoms with Crippen molar-refractivity contribution >= 4 is 34.9 Å². The fraction of sp³-hybridized carbons (Fsp3) is 0.333. The Bertz CT molecular complexity index is 804. The van der Waals surface area contributed by atoms with E-state index in [0.29, 0.717) is 35.2 Å². The monoisotopic (exact) mass is 379 g/mol. The second-order valence-corrected chi connectivity index (χ2v) is 7.33. The molecule has 25 heavy (non-hydrogen) atoms. The zero-order valence-corrected chi connectivity index (χ0v) is 15.3. The molecule has 0 saturated carbocycles. The Kier molecular flexibility index (Phi) is 5.42. The lowest BCUT2D eigenvalue weighted by Crippen LogP contribution is -2.37. The zero-order chi connectivity index (χ0) is 18.0. The topological polar surface area (TPSA) is 66.8 Å². The number of carboxylic acid groups (broad SMARTS) is 1. The summed E-state index contributed by atoms with van der Waals surface area (Å²) in [5.74, 6) is -1.20. The minimum atomic E-state index is -0.926. The molecule has 1 N–H and O–H groups in total. The fourth-order valence-electron chi connectivity index (χ4n) is 2.97. The molecule has 0 amide bonds. The summed E-state index contributed by atoms with van der Waals surface area (Å²) in [6.07, 6.45) is 1.04. The van der Waals surface area contributed by atoms with Crippen molar-refractivity contribution in [2.75, 3.05) is 6.54 Å². The number of ether oxygens (including phenoxy) is 1. The number of carboxylic acids is 1. The van der Waals surface area contributed by atoms with Crippen molar-refractivity contribution in [3.63, 3.8) is 0 Å². The van der Waals surface area contributed by atoms with Gasteiger partial charge in [-0.15, -0.1) is 11.3 Å². The standard InChI is InChI=1S/C18H18ClNO4S/c1-2-15(21)24-16-9-11-10-20(8-7-14(11)25-16)17(18(22)23)12-5-3-4-6-13(12)19/h3-6,9,17H,2,7-8,10H2,1H3,(H,22,23). The predicted molar refractivity (Wildman–Crippen MR) is 96.2 cm³/mol. The predicted octanol–water partition coefficient (Wildman–Crippen LogP) is 3.90. The van der Waals surface area contributed by atoms with Crippen LogP contribution < -0.4 is 4.74 Å². The SMILES string of the molecule is CCC(=O)Oc1cc2c(s1)CCN(C(C(=O)O)c1ccccc1Cl)C2. The highest BCUT2D eigenvalue weighted by Gasteiger charge is 2.32. The van der Waals surface area contributed by atoms with E-state index in [4.69, 9.17) is 16.3 Å². The molecule has 0 spiro atoms. The Balaban J connectivity index is 1.84. The third-order valence-electron chi connectivity index (χ3n) is 4.18. The lowest BCUT2D eigenvalue weighted by Gasteiger charge is -2.32. The third-order valence-corrected chi connectivity index (χ3v) is 5.63. The largest absolute Gasteiger partial charge is 0.480 e. The number of hydrogen-bond acceptors (Lipinski definition) is 5. The van der Waals surface area contributed by atoms with Gasteiger partial charge in [-0.2, -0.15) is 0 Å². The minimum Gasteiger partial charge on any atom is -0.480 e. The average molecular weight is 380 g/mol. The summed E-state index contributed by atoms with van der Waals surface area (Å²) in [7, 11) is 0. The van der Waals surface area contributed by atoms with E-state index in [1.54, 1.807) is 31.2 Å². The molecular weight excluding hydrogens is 362 g/mol. The number of esters is 1. The van der Waals surface area contributed by atoms with E-state index in [0.717, 1.165) is 16.9 Å². The van der Waals surface area contributed by atoms with Gasteiger partial charge in [0.25, 0.3) is 0 Å². The van der Waals surface area contributed by atoms with Crippen LogP contribution in [0.25, 0.3) is 0 Å². The van der Waals surface area contributed by atoms with E-state index in [1.807, 2.05) is 11.0 Å². The first-order chi connectivity index (χ1) is 12.0. The lowest BCUT2D eigenvalue weighted by molar-refractivity contribution is -0.144. The zero-order valence-electron chi connectivity index (χ0n) is 13.7. The average Bonchev–Trinajstić information content (AvgIpc) is 2.98. The Labute approximate surface area is 154 Å². The fourth-order valence-corrected chi connectivity index (χ4v) is 4.23. The maximum atomic E-state index is 11.9. The van der Waals surface area contributed by atoms with Crippen LogP contribution in [0.5, 0.6) is 5.06 Å². The number of halogens is 1. The summed E-state index contributed by atoms with van der Waals surface area (Å²) in [5.41, 5.74) is 1.60. The molecule has 132 valence electrons. The molecule has 1 aromatic carbocycles. The summed E-state index contributed by atoms with van der Waals surface area (Å²) >= 11 is 7.67. The molecular formula is C18H18ClNO4S. The molecule has 1 aliphatic rings. The van der Waals surface area contributed by atoms with Gasteiger partial charge in [0, 0.05) is 29.4 Å². The molecule has 0 bridgehead atoms. The summed E-state index contributed by atoms with van der Waals surface area (Å²) in [4.78, 5) is 26.4. The molecule has 0 saturated heterocycles. The van der Waals surface area contributed by atoms with E-state index in [1.165, 1.54) is 11.3 Å². The number of nitrogens with zero attached hydrogens (tertiary/aromatic N) is 1. The van der Waals surface area contributed by atoms with Crippen molar-refractivity contribution < 1.29 is 19.4 Å². The molecule has 0 aliphatic carbocycles. The van der Waals surface area contributed by atoms with E-state index >= 15 is 0 Å². The molecule has 3 rings (SSSR count). The molecule has 5 nitrogen and oxygen atoms in total. The first-order valence-electron chi connectivity index (χ1n) is 8.03. The van der Waals surface area contributed by atoms with Crippen LogP contribution in [0.1, 0.15) is 35.4 Å². The van der Waals surface area contributed by atoms with Crippen LogP contribution in [0, 0.1) is 0 Å². The van der Waals surface area contributed by atoms with Gasteiger partial charge in [0.05, 0.1) is 0 Å². The van der Waals surface area contributed by atoms with E-state index in [2.05, 4.69) is 0 Å². The van der Waals surface area contributed by atoms with Gasteiger partial charge in [0.15, 0.2) is 5.06 Å². The number of benzene rings is 1. The summed E-state index contributed by atoms with van der Waals surface area (Å²) in [5, 5.41) is 10.8. The quantitative estimate of drug-likeness (QED) is 0.798. The van der Waals surface area contributed by atoms with Gasteiger partial charge in [-0.1, -0.05) is 36.7 Å². The number of rotatable bonds is 5. The smallest absolute Gasteiger partial charge is 0.325 e. The highest BCUT2D eigenvalue weighted by Crippen LogP contribution is 2.37. The van der Waals surface area contributed by atoms with Gasteiger partial charge < -0.3 is 9.84 Å². The summed E-state index contributed by atoms with van der Waals surface area (Å²) in [6.45, 7) is 2.84. The van der Waals surface area contributed by atoms with Crippen molar-refractivity contribution in [2.24, 2.45) is 0 Å². The molecule has 2 heterocycles. The first-order valence-corrected chi connectivity index (χ1v) is 9.22. The van der Waals surface area contributed by atoms with E-state index in [-0.39, 0.29) is 5.97 Å². The molecule has 1 aliphatic heterocycles. The van der Waals surface area contributed by atoms with Crippen molar-refractivity contribution in [1.82, 2.24) is 4.90 Å². The van der Waals surface area contributed by atoms with Crippen LogP contribution in [-0.4, -0.2) is 28.5 Å². The minimum absolute atomic E-state index is 0.269. The summed E-state index contributed by atoms with van der Waals surface area (Å²) < 4.78 is 5.29. The van der Waals surface area contributed by atoms with Crippen molar-refractivity contribution in [2.45, 2.75) is 32.4 Å². The summed E-state index contributed by atoms with van der Waals surface area (Å²) in [6, 6.07) is 8.06. The third kappa shape index (κ3) is 3.86. The maximum absolute atomic E-state index is 11.9. The Morgan fingerprint density at radius 2 is 2.16 bits per heavy atom. The van der Waals surface area contributed by atoms with E-state index < -0.39 is 12.0 Å². The molecule has 2 aromatic rings. The molecule has 0 radical (unpaired) electrons. The highest BCUT2D eigenvalue weighted by atomic mass is 35.5. The normalized spacial score (nSPS) is 15.4. The van der Waals surface area contributed by atoms with Crippen LogP contribution in [0.2, 0.25) is 5.02 Å². The Morgan fingerprint density at radius 3 is 2.84 bits per heavy atom. The number of thiophene rings is 1. The number of aliphatic carboxylic acids is 1. The molecule has 0 fully saturated rings. The number of carbonyl (C=O) groups excluding carboxylic acids is 1. The van der Waals surface area contributed by atoms with Gasteiger partial charge in [-0.25, -0.2) is 0 Å². The number of fused-ring (bicyclic) bond motifs is 1. The van der Waals surface area contributed by atoms with Crippen LogP contribution in [0.3, 0.4) is 0 Å². The maximum Gasteiger partial charge on any atom is 0.325 e. The van der Waals surface area contributed by atoms with Crippen LogP contribution >= 0.6 is 22.9 Å².